The molecule has 0 aliphatic carbocycles. The Hall–Kier alpha value is -3.21. The molecule has 1 aromatic carbocycles. The van der Waals surface area contributed by atoms with Gasteiger partial charge in [0, 0.05) is 24.4 Å². The van der Waals surface area contributed by atoms with E-state index in [1.807, 2.05) is 32.2 Å². The number of rotatable bonds is 7. The maximum absolute atomic E-state index is 12.8. The molecule has 1 atom stereocenters. The Morgan fingerprint density at radius 1 is 1.20 bits per heavy atom. The summed E-state index contributed by atoms with van der Waals surface area (Å²) in [6.45, 7) is 2.14. The molecule has 0 saturated carbocycles. The van der Waals surface area contributed by atoms with E-state index in [4.69, 9.17) is 4.42 Å². The van der Waals surface area contributed by atoms with Crippen LogP contribution in [0.25, 0.3) is 22.4 Å². The number of benzene rings is 1. The fourth-order valence-electron chi connectivity index (χ4n) is 3.07. The lowest BCUT2D eigenvalue weighted by Gasteiger charge is -2.23. The third kappa shape index (κ3) is 3.80. The van der Waals surface area contributed by atoms with Gasteiger partial charge in [-0.25, -0.2) is 4.21 Å². The third-order valence-electron chi connectivity index (χ3n) is 4.51. The summed E-state index contributed by atoms with van der Waals surface area (Å²) in [5, 5.41) is 12.2. The molecule has 1 unspecified atom stereocenters. The standard InChI is InChI=1S/C19H18F2N6O2S/c1-3-30(28)27(15-6-4-5-12-10-23-26(2)16(12)15)11-14-8-7-13(9-22-14)18-24-25-19(29-18)17(20)21/h4-10,17H,3,11H2,1-2H3. The molecule has 4 rings (SSSR count). The highest BCUT2D eigenvalue weighted by Gasteiger charge is 2.20. The van der Waals surface area contributed by atoms with Crippen molar-refractivity contribution in [1.82, 2.24) is 25.0 Å². The van der Waals surface area contributed by atoms with Crippen LogP contribution in [0.1, 0.15) is 24.9 Å². The molecule has 0 spiro atoms. The van der Waals surface area contributed by atoms with Gasteiger partial charge < -0.3 is 4.42 Å². The van der Waals surface area contributed by atoms with Crippen LogP contribution >= 0.6 is 0 Å². The molecular formula is C19H18F2N6O2S. The van der Waals surface area contributed by atoms with Gasteiger partial charge in [-0.15, -0.1) is 10.2 Å². The minimum Gasteiger partial charge on any atom is -0.415 e. The molecule has 0 saturated heterocycles. The zero-order valence-corrected chi connectivity index (χ0v) is 17.0. The number of pyridine rings is 1. The van der Waals surface area contributed by atoms with Gasteiger partial charge in [0.25, 0.3) is 5.89 Å². The fourth-order valence-corrected chi connectivity index (χ4v) is 4.02. The first-order valence-corrected chi connectivity index (χ1v) is 10.4. The number of fused-ring (bicyclic) bond motifs is 1. The molecule has 8 nitrogen and oxygen atoms in total. The Morgan fingerprint density at radius 3 is 2.70 bits per heavy atom. The number of anilines is 1. The van der Waals surface area contributed by atoms with Gasteiger partial charge in [0.15, 0.2) is 0 Å². The second-order valence-corrected chi connectivity index (χ2v) is 8.08. The van der Waals surface area contributed by atoms with Crippen molar-refractivity contribution >= 4 is 27.6 Å². The number of aryl methyl sites for hydroxylation is 1. The van der Waals surface area contributed by atoms with Gasteiger partial charge in [0.1, 0.15) is 11.0 Å². The van der Waals surface area contributed by atoms with E-state index in [1.54, 1.807) is 27.3 Å². The Balaban J connectivity index is 1.64. The van der Waals surface area contributed by atoms with Crippen molar-refractivity contribution in [2.75, 3.05) is 10.1 Å². The highest BCUT2D eigenvalue weighted by Crippen LogP contribution is 2.29. The summed E-state index contributed by atoms with van der Waals surface area (Å²) < 4.78 is 46.6. The van der Waals surface area contributed by atoms with Gasteiger partial charge in [0.05, 0.1) is 35.2 Å². The Labute approximate surface area is 173 Å². The van der Waals surface area contributed by atoms with E-state index in [0.717, 1.165) is 16.6 Å². The number of para-hydroxylation sites is 1. The first kappa shape index (κ1) is 20.1. The molecule has 11 heteroatoms. The molecule has 0 N–H and O–H groups in total. The van der Waals surface area contributed by atoms with Crippen LogP contribution in [0.4, 0.5) is 14.5 Å². The molecule has 0 bridgehead atoms. The van der Waals surface area contributed by atoms with Crippen molar-refractivity contribution in [3.63, 3.8) is 0 Å². The minimum atomic E-state index is -2.83. The number of nitrogens with zero attached hydrogens (tertiary/aromatic N) is 6. The summed E-state index contributed by atoms with van der Waals surface area (Å²) >= 11 is 0. The van der Waals surface area contributed by atoms with E-state index >= 15 is 0 Å². The van der Waals surface area contributed by atoms with Crippen LogP contribution in [-0.2, 0) is 24.6 Å². The molecular weight excluding hydrogens is 414 g/mol. The number of hydrogen-bond acceptors (Lipinski definition) is 6. The van der Waals surface area contributed by atoms with E-state index in [2.05, 4.69) is 20.3 Å². The van der Waals surface area contributed by atoms with Crippen molar-refractivity contribution in [2.45, 2.75) is 19.9 Å². The maximum Gasteiger partial charge on any atom is 0.314 e. The van der Waals surface area contributed by atoms with Gasteiger partial charge in [-0.05, 0) is 18.2 Å². The van der Waals surface area contributed by atoms with Crippen LogP contribution in [0.5, 0.6) is 0 Å². The van der Waals surface area contributed by atoms with Crippen LogP contribution in [0.15, 0.2) is 47.1 Å². The van der Waals surface area contributed by atoms with Crippen LogP contribution in [-0.4, -0.2) is 34.9 Å². The summed E-state index contributed by atoms with van der Waals surface area (Å²) in [5.74, 6) is -0.328. The van der Waals surface area contributed by atoms with E-state index in [0.29, 0.717) is 17.0 Å². The molecule has 0 amide bonds. The van der Waals surface area contributed by atoms with Gasteiger partial charge in [-0.3, -0.25) is 14.0 Å². The average Bonchev–Trinajstić information content (AvgIpc) is 3.40. The molecule has 0 radical (unpaired) electrons. The molecule has 30 heavy (non-hydrogen) atoms. The summed E-state index contributed by atoms with van der Waals surface area (Å²) in [7, 11) is 0.557. The average molecular weight is 432 g/mol. The minimum absolute atomic E-state index is 0.0296. The summed E-state index contributed by atoms with van der Waals surface area (Å²) in [6, 6.07) is 9.11. The molecule has 0 fully saturated rings. The van der Waals surface area contributed by atoms with Crippen molar-refractivity contribution in [2.24, 2.45) is 7.05 Å². The van der Waals surface area contributed by atoms with Crippen molar-refractivity contribution in [3.05, 3.63) is 54.3 Å². The number of aromatic nitrogens is 5. The molecule has 0 aliphatic heterocycles. The zero-order chi connectivity index (χ0) is 21.3. The normalized spacial score (nSPS) is 12.6. The number of halogens is 2. The van der Waals surface area contributed by atoms with E-state index in [1.165, 1.54) is 6.20 Å². The molecule has 156 valence electrons. The van der Waals surface area contributed by atoms with Crippen molar-refractivity contribution < 1.29 is 17.4 Å². The van der Waals surface area contributed by atoms with Crippen molar-refractivity contribution in [3.8, 4) is 11.5 Å². The quantitative estimate of drug-likeness (QED) is 0.443. The fraction of sp³-hybridized carbons (Fsp3) is 0.263. The van der Waals surface area contributed by atoms with Crippen LogP contribution in [0.2, 0.25) is 0 Å². The predicted molar refractivity (Wildman–Crippen MR) is 108 cm³/mol. The lowest BCUT2D eigenvalue weighted by atomic mass is 10.2. The van der Waals surface area contributed by atoms with E-state index < -0.39 is 23.3 Å². The van der Waals surface area contributed by atoms with Crippen LogP contribution in [0, 0.1) is 0 Å². The maximum atomic E-state index is 12.8. The topological polar surface area (TPSA) is 89.9 Å². The third-order valence-corrected chi connectivity index (χ3v) is 5.82. The summed E-state index contributed by atoms with van der Waals surface area (Å²) in [6.07, 6.45) is 0.401. The SMILES string of the molecule is CCS(=O)N(Cc1ccc(-c2nnc(C(F)F)o2)cn1)c1cccc2cnn(C)c12. The second-order valence-electron chi connectivity index (χ2n) is 6.41. The van der Waals surface area contributed by atoms with Gasteiger partial charge in [-0.1, -0.05) is 19.1 Å². The smallest absolute Gasteiger partial charge is 0.314 e. The first-order valence-electron chi connectivity index (χ1n) is 9.11. The second kappa shape index (κ2) is 8.27. The molecule has 3 heterocycles. The first-order chi connectivity index (χ1) is 14.5. The summed E-state index contributed by atoms with van der Waals surface area (Å²) in [5.41, 5.74) is 2.74. The lowest BCUT2D eigenvalue weighted by Crippen LogP contribution is -2.27. The largest absolute Gasteiger partial charge is 0.415 e. The lowest BCUT2D eigenvalue weighted by molar-refractivity contribution is 0.116. The molecule has 4 aromatic rings. The van der Waals surface area contributed by atoms with Gasteiger partial charge >= 0.3 is 6.43 Å². The highest BCUT2D eigenvalue weighted by molar-refractivity contribution is 7.86. The van der Waals surface area contributed by atoms with Gasteiger partial charge in [-0.2, -0.15) is 13.9 Å². The van der Waals surface area contributed by atoms with E-state index in [9.17, 15) is 13.0 Å². The molecule has 3 aromatic heterocycles. The highest BCUT2D eigenvalue weighted by atomic mass is 32.2. The van der Waals surface area contributed by atoms with Gasteiger partial charge in [0.2, 0.25) is 5.89 Å². The number of hydrogen-bond donors (Lipinski definition) is 0. The predicted octanol–water partition coefficient (Wildman–Crippen LogP) is 3.65. The Bertz CT molecular complexity index is 1190. The monoisotopic (exact) mass is 432 g/mol. The number of alkyl halides is 2. The van der Waals surface area contributed by atoms with Crippen LogP contribution in [0.3, 0.4) is 0 Å². The van der Waals surface area contributed by atoms with Crippen molar-refractivity contribution in [1.29, 1.82) is 0 Å². The van der Waals surface area contributed by atoms with Crippen LogP contribution < -0.4 is 4.31 Å². The van der Waals surface area contributed by atoms with E-state index in [-0.39, 0.29) is 12.4 Å². The summed E-state index contributed by atoms with van der Waals surface area (Å²) in [4.78, 5) is 4.37. The Kier molecular flexibility index (Phi) is 5.53. The zero-order valence-electron chi connectivity index (χ0n) is 16.2. The molecule has 0 aliphatic rings. The Morgan fingerprint density at radius 2 is 2.03 bits per heavy atom.